The second-order valence-corrected chi connectivity index (χ2v) is 5.96. The summed E-state index contributed by atoms with van der Waals surface area (Å²) in [6.07, 6.45) is -2.44. The third kappa shape index (κ3) is 7.20. The average molecular weight is 477 g/mol. The smallest absolute Gasteiger partial charge is 0.357 e. The molecule has 2 rings (SSSR count). The number of rotatable bonds is 6. The molecule has 11 heteroatoms. The monoisotopic (exact) mass is 477 g/mol. The Hall–Kier alpha value is -1.11. The second-order valence-electron chi connectivity index (χ2n) is 5.01. The minimum absolute atomic E-state index is 0. The first-order chi connectivity index (χ1) is 10.9. The number of hydrogen-bond donors (Lipinski definition) is 3. The molecule has 1 aliphatic rings. The van der Waals surface area contributed by atoms with Crippen LogP contribution in [0.15, 0.2) is 10.4 Å². The zero-order valence-electron chi connectivity index (χ0n) is 12.9. The van der Waals surface area contributed by atoms with Gasteiger partial charge in [0.2, 0.25) is 5.91 Å². The maximum atomic E-state index is 12.5. The van der Waals surface area contributed by atoms with Crippen molar-refractivity contribution in [1.29, 1.82) is 0 Å². The van der Waals surface area contributed by atoms with Crippen LogP contribution in [0.5, 0.6) is 0 Å². The predicted molar refractivity (Wildman–Crippen MR) is 96.5 cm³/mol. The summed E-state index contributed by atoms with van der Waals surface area (Å²) in [7, 11) is 0. The van der Waals surface area contributed by atoms with Gasteiger partial charge >= 0.3 is 6.18 Å². The van der Waals surface area contributed by atoms with Gasteiger partial charge in [-0.1, -0.05) is 0 Å². The van der Waals surface area contributed by atoms with Crippen molar-refractivity contribution in [1.82, 2.24) is 20.9 Å². The van der Waals surface area contributed by atoms with Crippen LogP contribution in [0.4, 0.5) is 13.2 Å². The number of nitrogens with zero attached hydrogens (tertiary/aromatic N) is 2. The quantitative estimate of drug-likeness (QED) is 0.333. The molecular formula is C13H19F3IN5OS. The molecule has 6 nitrogen and oxygen atoms in total. The first-order valence-electron chi connectivity index (χ1n) is 7.21. The van der Waals surface area contributed by atoms with E-state index in [1.54, 1.807) is 0 Å². The average Bonchev–Trinajstić information content (AvgIpc) is 3.14. The summed E-state index contributed by atoms with van der Waals surface area (Å²) < 4.78 is 37.4. The van der Waals surface area contributed by atoms with Crippen molar-refractivity contribution in [2.24, 2.45) is 4.99 Å². The summed E-state index contributed by atoms with van der Waals surface area (Å²) in [5, 5.41) is 9.87. The lowest BCUT2D eigenvalue weighted by Gasteiger charge is -2.10. The van der Waals surface area contributed by atoms with Gasteiger partial charge in [0, 0.05) is 18.0 Å². The highest BCUT2D eigenvalue weighted by atomic mass is 127. The number of hydrogen-bond acceptors (Lipinski definition) is 4. The van der Waals surface area contributed by atoms with Crippen molar-refractivity contribution in [3.05, 3.63) is 16.1 Å². The molecule has 3 N–H and O–H groups in total. The molecule has 1 aromatic heterocycles. The first-order valence-corrected chi connectivity index (χ1v) is 8.09. The number of aliphatic imine (C=N–C) groups is 1. The molecule has 1 amide bonds. The normalized spacial score (nSPS) is 14.8. The number of nitrogens with one attached hydrogen (secondary N) is 3. The lowest BCUT2D eigenvalue weighted by atomic mass is 10.5. The molecule has 0 aliphatic heterocycles. The van der Waals surface area contributed by atoms with Crippen LogP contribution >= 0.6 is 35.3 Å². The zero-order chi connectivity index (χ0) is 16.9. The fourth-order valence-electron chi connectivity index (χ4n) is 1.68. The van der Waals surface area contributed by atoms with Crippen molar-refractivity contribution < 1.29 is 18.0 Å². The Balaban J connectivity index is 0.00000288. The van der Waals surface area contributed by atoms with Crippen molar-refractivity contribution in [3.63, 3.8) is 0 Å². The summed E-state index contributed by atoms with van der Waals surface area (Å²) in [4.78, 5) is 19.2. The summed E-state index contributed by atoms with van der Waals surface area (Å²) in [6, 6.07) is 0.268. The third-order valence-electron chi connectivity index (χ3n) is 2.92. The molecule has 0 atom stereocenters. The van der Waals surface area contributed by atoms with Crippen molar-refractivity contribution in [2.45, 2.75) is 38.5 Å². The first kappa shape index (κ1) is 20.9. The Kier molecular flexibility index (Phi) is 8.19. The van der Waals surface area contributed by atoms with E-state index >= 15 is 0 Å². The van der Waals surface area contributed by atoms with Gasteiger partial charge in [0.1, 0.15) is 11.6 Å². The van der Waals surface area contributed by atoms with Crippen molar-refractivity contribution >= 4 is 47.2 Å². The van der Waals surface area contributed by atoms with Gasteiger partial charge in [0.15, 0.2) is 11.7 Å². The Morgan fingerprint density at radius 2 is 2.12 bits per heavy atom. The number of guanidine groups is 1. The number of halogens is 4. The minimum Gasteiger partial charge on any atom is -0.357 e. The molecule has 1 aliphatic carbocycles. The standard InChI is InChI=1S/C13H18F3N5OS.HI/c1-2-17-12(18-5-10(22)20-8-3-4-8)19-6-11-21-9(7-23-11)13(14,15)16;/h7-8H,2-6H2,1H3,(H,20,22)(H2,17,18,19);1H. The van der Waals surface area contributed by atoms with E-state index in [-0.39, 0.29) is 49.0 Å². The van der Waals surface area contributed by atoms with E-state index in [0.717, 1.165) is 29.6 Å². The summed E-state index contributed by atoms with van der Waals surface area (Å²) in [6.45, 7) is 2.50. The van der Waals surface area contributed by atoms with Gasteiger partial charge in [-0.2, -0.15) is 13.2 Å². The number of amides is 1. The summed E-state index contributed by atoms with van der Waals surface area (Å²) >= 11 is 0.922. The highest BCUT2D eigenvalue weighted by Crippen LogP contribution is 2.29. The molecule has 0 aromatic carbocycles. The minimum atomic E-state index is -4.44. The lowest BCUT2D eigenvalue weighted by Crippen LogP contribution is -2.38. The molecule has 0 radical (unpaired) electrons. The van der Waals surface area contributed by atoms with Gasteiger partial charge < -0.3 is 16.0 Å². The van der Waals surface area contributed by atoms with Gasteiger partial charge in [0.25, 0.3) is 0 Å². The van der Waals surface area contributed by atoms with Crippen LogP contribution in [0, 0.1) is 0 Å². The maximum Gasteiger partial charge on any atom is 0.434 e. The van der Waals surface area contributed by atoms with Crippen LogP contribution in [0.25, 0.3) is 0 Å². The number of alkyl halides is 3. The van der Waals surface area contributed by atoms with Crippen LogP contribution in [0.2, 0.25) is 0 Å². The number of carbonyl (C=O) groups excluding carboxylic acids is 1. The van der Waals surface area contributed by atoms with Crippen molar-refractivity contribution in [3.8, 4) is 0 Å². The molecule has 0 spiro atoms. The van der Waals surface area contributed by atoms with Crippen molar-refractivity contribution in [2.75, 3.05) is 13.1 Å². The highest BCUT2D eigenvalue weighted by Gasteiger charge is 2.33. The van der Waals surface area contributed by atoms with E-state index in [9.17, 15) is 18.0 Å². The Morgan fingerprint density at radius 3 is 2.67 bits per heavy atom. The Bertz CT molecular complexity index is 574. The molecule has 0 saturated heterocycles. The fraction of sp³-hybridized carbons (Fsp3) is 0.615. The third-order valence-corrected chi connectivity index (χ3v) is 3.77. The van der Waals surface area contributed by atoms with Gasteiger partial charge in [0.05, 0.1) is 6.54 Å². The second kappa shape index (κ2) is 9.39. The maximum absolute atomic E-state index is 12.5. The molecule has 24 heavy (non-hydrogen) atoms. The fourth-order valence-corrected chi connectivity index (χ4v) is 2.42. The molecular weight excluding hydrogens is 458 g/mol. The van der Waals surface area contributed by atoms with Gasteiger partial charge in [-0.3, -0.25) is 4.79 Å². The van der Waals surface area contributed by atoms with E-state index in [2.05, 4.69) is 25.9 Å². The molecule has 1 saturated carbocycles. The molecule has 1 heterocycles. The SMILES string of the molecule is CCNC(=NCC(=O)NC1CC1)NCc1nc(C(F)(F)F)cs1.I. The predicted octanol–water partition coefficient (Wildman–Crippen LogP) is 2.11. The van der Waals surface area contributed by atoms with Crippen LogP contribution in [-0.2, 0) is 17.5 Å². The van der Waals surface area contributed by atoms with Gasteiger partial charge in [-0.15, -0.1) is 35.3 Å². The van der Waals surface area contributed by atoms with E-state index < -0.39 is 11.9 Å². The topological polar surface area (TPSA) is 78.4 Å². The van der Waals surface area contributed by atoms with E-state index in [1.165, 1.54) is 0 Å². The summed E-state index contributed by atoms with van der Waals surface area (Å²) in [5.41, 5.74) is -0.898. The van der Waals surface area contributed by atoms with Crippen LogP contribution in [-0.4, -0.2) is 36.0 Å². The molecule has 0 bridgehead atoms. The van der Waals surface area contributed by atoms with E-state index in [0.29, 0.717) is 17.5 Å². The number of carbonyl (C=O) groups is 1. The van der Waals surface area contributed by atoms with Crippen LogP contribution in [0.3, 0.4) is 0 Å². The van der Waals surface area contributed by atoms with Crippen LogP contribution in [0.1, 0.15) is 30.5 Å². The summed E-state index contributed by atoms with van der Waals surface area (Å²) in [5.74, 6) is 0.195. The number of aromatic nitrogens is 1. The zero-order valence-corrected chi connectivity index (χ0v) is 16.1. The van der Waals surface area contributed by atoms with Gasteiger partial charge in [-0.25, -0.2) is 9.98 Å². The molecule has 1 aromatic rings. The molecule has 1 fully saturated rings. The van der Waals surface area contributed by atoms with E-state index in [4.69, 9.17) is 0 Å². The Morgan fingerprint density at radius 1 is 1.42 bits per heavy atom. The molecule has 136 valence electrons. The Labute approximate surface area is 158 Å². The number of thiazole rings is 1. The molecule has 0 unspecified atom stereocenters. The van der Waals surface area contributed by atoms with E-state index in [1.807, 2.05) is 6.92 Å². The van der Waals surface area contributed by atoms with Crippen LogP contribution < -0.4 is 16.0 Å². The largest absolute Gasteiger partial charge is 0.434 e. The highest BCUT2D eigenvalue weighted by molar-refractivity contribution is 14.0. The lowest BCUT2D eigenvalue weighted by molar-refractivity contribution is -0.140. The van der Waals surface area contributed by atoms with Gasteiger partial charge in [-0.05, 0) is 19.8 Å².